The van der Waals surface area contributed by atoms with Gasteiger partial charge in [-0.1, -0.05) is 5.16 Å². The van der Waals surface area contributed by atoms with E-state index in [2.05, 4.69) is 25.0 Å². The van der Waals surface area contributed by atoms with Crippen LogP contribution in [0.15, 0.2) is 56.7 Å². The standard InChI is InChI=1S/C21H16F3N5O4/c1-29(16-15(17(30)18(16)31)26-12-5-7-14(32-2)8-6-12)10-13-4-3-11(9-25-13)19-27-20(33-28-19)21(22,23)24/h3-9,26H,10H2,1-2H3. The molecule has 0 saturated heterocycles. The summed E-state index contributed by atoms with van der Waals surface area (Å²) in [5.74, 6) is -1.05. The van der Waals surface area contributed by atoms with Crippen LogP contribution in [-0.4, -0.2) is 29.3 Å². The molecular formula is C21H16F3N5O4. The minimum Gasteiger partial charge on any atom is -0.497 e. The lowest BCUT2D eigenvalue weighted by Gasteiger charge is -2.23. The Balaban J connectivity index is 1.48. The fraction of sp³-hybridized carbons (Fsp3) is 0.190. The second kappa shape index (κ2) is 8.37. The lowest BCUT2D eigenvalue weighted by Crippen LogP contribution is -2.40. The number of nitrogens with zero attached hydrogens (tertiary/aromatic N) is 4. The van der Waals surface area contributed by atoms with Crippen LogP contribution in [0.3, 0.4) is 0 Å². The minimum absolute atomic E-state index is 0.163. The van der Waals surface area contributed by atoms with Gasteiger partial charge in [-0.25, -0.2) is 0 Å². The van der Waals surface area contributed by atoms with Gasteiger partial charge in [0.25, 0.3) is 10.9 Å². The molecule has 0 unspecified atom stereocenters. The van der Waals surface area contributed by atoms with Crippen molar-refractivity contribution in [3.8, 4) is 17.1 Å². The fourth-order valence-corrected chi connectivity index (χ4v) is 3.11. The van der Waals surface area contributed by atoms with Gasteiger partial charge < -0.3 is 19.5 Å². The average Bonchev–Trinajstić information content (AvgIpc) is 3.30. The maximum absolute atomic E-state index is 12.6. The summed E-state index contributed by atoms with van der Waals surface area (Å²) in [6.45, 7) is 0.169. The first-order valence-corrected chi connectivity index (χ1v) is 9.49. The predicted octanol–water partition coefficient (Wildman–Crippen LogP) is 3.14. The number of rotatable bonds is 7. The third-order valence-electron chi connectivity index (χ3n) is 4.78. The molecule has 4 aromatic rings. The van der Waals surface area contributed by atoms with Gasteiger partial charge in [0.2, 0.25) is 5.82 Å². The van der Waals surface area contributed by atoms with Gasteiger partial charge in [-0.05, 0) is 36.4 Å². The molecule has 0 aliphatic rings. The average molecular weight is 459 g/mol. The molecule has 0 amide bonds. The number of pyridine rings is 1. The zero-order chi connectivity index (χ0) is 23.8. The van der Waals surface area contributed by atoms with Crippen molar-refractivity contribution in [1.82, 2.24) is 15.1 Å². The van der Waals surface area contributed by atoms with Crippen molar-refractivity contribution < 1.29 is 22.4 Å². The van der Waals surface area contributed by atoms with Crippen LogP contribution in [-0.2, 0) is 12.7 Å². The summed E-state index contributed by atoms with van der Waals surface area (Å²) in [6, 6.07) is 9.88. The zero-order valence-electron chi connectivity index (χ0n) is 17.3. The molecule has 33 heavy (non-hydrogen) atoms. The lowest BCUT2D eigenvalue weighted by atomic mass is 10.1. The summed E-state index contributed by atoms with van der Waals surface area (Å²) in [5.41, 5.74) is 0.454. The Bertz CT molecular complexity index is 1340. The Morgan fingerprint density at radius 2 is 1.82 bits per heavy atom. The second-order valence-electron chi connectivity index (χ2n) is 7.05. The Morgan fingerprint density at radius 3 is 2.39 bits per heavy atom. The summed E-state index contributed by atoms with van der Waals surface area (Å²) in [6.07, 6.45) is -3.44. The van der Waals surface area contributed by atoms with E-state index in [1.807, 2.05) is 0 Å². The third-order valence-corrected chi connectivity index (χ3v) is 4.78. The molecule has 2 heterocycles. The van der Waals surface area contributed by atoms with E-state index in [1.54, 1.807) is 42.3 Å². The number of aromatic nitrogens is 3. The summed E-state index contributed by atoms with van der Waals surface area (Å²) in [7, 11) is 3.16. The zero-order valence-corrected chi connectivity index (χ0v) is 17.3. The molecule has 12 heteroatoms. The lowest BCUT2D eigenvalue weighted by molar-refractivity contribution is -0.159. The molecule has 0 aliphatic heterocycles. The molecule has 1 N–H and O–H groups in total. The Hall–Kier alpha value is -4.22. The van der Waals surface area contributed by atoms with Crippen molar-refractivity contribution >= 4 is 17.1 Å². The predicted molar refractivity (Wildman–Crippen MR) is 112 cm³/mol. The van der Waals surface area contributed by atoms with Crippen LogP contribution < -0.4 is 25.8 Å². The van der Waals surface area contributed by atoms with Gasteiger partial charge >= 0.3 is 12.1 Å². The van der Waals surface area contributed by atoms with E-state index in [0.717, 1.165) is 0 Å². The Kier molecular flexibility index (Phi) is 5.58. The number of benzene rings is 1. The number of hydrogen-bond donors (Lipinski definition) is 1. The first kappa shape index (κ1) is 22.0. The SMILES string of the molecule is COc1ccc(Nc2c(N(C)Cc3ccc(-c4noc(C(F)(F)F)n4)cn3)c(=O)c2=O)cc1. The summed E-state index contributed by atoms with van der Waals surface area (Å²) in [5, 5.41) is 6.26. The van der Waals surface area contributed by atoms with Crippen molar-refractivity contribution in [3.05, 3.63) is 74.6 Å². The van der Waals surface area contributed by atoms with Crippen LogP contribution in [0.2, 0.25) is 0 Å². The van der Waals surface area contributed by atoms with E-state index in [-0.39, 0.29) is 29.3 Å². The summed E-state index contributed by atoms with van der Waals surface area (Å²) >= 11 is 0. The summed E-state index contributed by atoms with van der Waals surface area (Å²) in [4.78, 5) is 33.3. The number of anilines is 3. The quantitative estimate of drug-likeness (QED) is 0.417. The van der Waals surface area contributed by atoms with E-state index < -0.39 is 22.9 Å². The fourth-order valence-electron chi connectivity index (χ4n) is 3.11. The second-order valence-corrected chi connectivity index (χ2v) is 7.05. The van der Waals surface area contributed by atoms with Crippen LogP contribution in [0, 0.1) is 0 Å². The topological polar surface area (TPSA) is 110 Å². The highest BCUT2D eigenvalue weighted by Crippen LogP contribution is 2.29. The molecular weight excluding hydrogens is 443 g/mol. The smallest absolute Gasteiger partial charge is 0.471 e. The van der Waals surface area contributed by atoms with Crippen molar-refractivity contribution in [2.24, 2.45) is 0 Å². The van der Waals surface area contributed by atoms with Gasteiger partial charge in [-0.15, -0.1) is 0 Å². The molecule has 9 nitrogen and oxygen atoms in total. The van der Waals surface area contributed by atoms with E-state index >= 15 is 0 Å². The van der Waals surface area contributed by atoms with Crippen molar-refractivity contribution in [2.75, 3.05) is 24.4 Å². The highest BCUT2D eigenvalue weighted by Gasteiger charge is 2.38. The first-order chi connectivity index (χ1) is 15.7. The molecule has 0 atom stereocenters. The van der Waals surface area contributed by atoms with Crippen molar-refractivity contribution in [1.29, 1.82) is 0 Å². The molecule has 0 spiro atoms. The number of hydrogen-bond acceptors (Lipinski definition) is 9. The molecule has 0 aliphatic carbocycles. The van der Waals surface area contributed by atoms with Gasteiger partial charge in [-0.2, -0.15) is 18.2 Å². The van der Waals surface area contributed by atoms with Gasteiger partial charge in [0.05, 0.1) is 19.3 Å². The number of alkyl halides is 3. The van der Waals surface area contributed by atoms with Gasteiger partial charge in [0.1, 0.15) is 17.1 Å². The van der Waals surface area contributed by atoms with Crippen LogP contribution in [0.25, 0.3) is 11.4 Å². The van der Waals surface area contributed by atoms with Crippen LogP contribution in [0.4, 0.5) is 30.2 Å². The van der Waals surface area contributed by atoms with Gasteiger partial charge in [0.15, 0.2) is 0 Å². The maximum atomic E-state index is 12.6. The van der Waals surface area contributed by atoms with E-state index in [4.69, 9.17) is 4.74 Å². The Morgan fingerprint density at radius 1 is 1.09 bits per heavy atom. The highest BCUT2D eigenvalue weighted by molar-refractivity contribution is 5.79. The molecule has 0 radical (unpaired) electrons. The first-order valence-electron chi connectivity index (χ1n) is 9.49. The largest absolute Gasteiger partial charge is 0.497 e. The van der Waals surface area contributed by atoms with Crippen molar-refractivity contribution in [2.45, 2.75) is 12.7 Å². The van der Waals surface area contributed by atoms with E-state index in [0.29, 0.717) is 17.1 Å². The minimum atomic E-state index is -4.74. The molecule has 0 bridgehead atoms. The number of methoxy groups -OCH3 is 1. The van der Waals surface area contributed by atoms with Crippen LogP contribution in [0.1, 0.15) is 11.6 Å². The van der Waals surface area contributed by atoms with Gasteiger partial charge in [-0.3, -0.25) is 14.6 Å². The van der Waals surface area contributed by atoms with E-state index in [9.17, 15) is 22.8 Å². The molecule has 0 fully saturated rings. The van der Waals surface area contributed by atoms with Crippen LogP contribution in [0.5, 0.6) is 5.75 Å². The molecule has 170 valence electrons. The molecule has 2 aromatic heterocycles. The highest BCUT2D eigenvalue weighted by atomic mass is 19.4. The van der Waals surface area contributed by atoms with Crippen molar-refractivity contribution in [3.63, 3.8) is 0 Å². The Labute approximate surface area is 184 Å². The monoisotopic (exact) mass is 459 g/mol. The van der Waals surface area contributed by atoms with Crippen LogP contribution >= 0.6 is 0 Å². The normalized spacial score (nSPS) is 11.5. The number of ether oxygens (including phenoxy) is 1. The number of nitrogens with one attached hydrogen (secondary N) is 1. The van der Waals surface area contributed by atoms with Gasteiger partial charge in [0, 0.05) is 24.5 Å². The third kappa shape index (κ3) is 4.40. The van der Waals surface area contributed by atoms with E-state index in [1.165, 1.54) is 19.4 Å². The molecule has 0 saturated carbocycles. The maximum Gasteiger partial charge on any atom is 0.471 e. The number of halogens is 3. The molecule has 4 rings (SSSR count). The summed E-state index contributed by atoms with van der Waals surface area (Å²) < 4.78 is 47.2. The molecule has 2 aromatic carbocycles.